The average Bonchev–Trinajstić information content (AvgIpc) is 2.62. The second-order valence-corrected chi connectivity index (χ2v) is 4.91. The summed E-state index contributed by atoms with van der Waals surface area (Å²) in [6.45, 7) is 3.38. The van der Waals surface area contributed by atoms with E-state index in [0.29, 0.717) is 19.5 Å². The molecule has 0 aromatic carbocycles. The molecule has 0 fully saturated rings. The van der Waals surface area contributed by atoms with Gasteiger partial charge in [-0.2, -0.15) is 0 Å². The average molecular weight is 226 g/mol. The highest BCUT2D eigenvalue weighted by molar-refractivity contribution is 7.11. The molecule has 0 spiro atoms. The molecule has 3 nitrogen and oxygen atoms in total. The monoisotopic (exact) mass is 226 g/mol. The number of hydrogen-bond acceptors (Lipinski definition) is 3. The van der Waals surface area contributed by atoms with Crippen molar-refractivity contribution in [2.24, 2.45) is 5.73 Å². The first kappa shape index (κ1) is 12.2. The van der Waals surface area contributed by atoms with Crippen molar-refractivity contribution in [3.8, 4) is 0 Å². The van der Waals surface area contributed by atoms with Crippen molar-refractivity contribution in [1.29, 1.82) is 0 Å². The third kappa shape index (κ3) is 4.95. The van der Waals surface area contributed by atoms with Gasteiger partial charge in [-0.05, 0) is 38.4 Å². The van der Waals surface area contributed by atoms with Crippen LogP contribution in [0.25, 0.3) is 0 Å². The Morgan fingerprint density at radius 3 is 2.87 bits per heavy atom. The highest BCUT2D eigenvalue weighted by Gasteiger charge is 2.01. The molecule has 1 aromatic heterocycles. The Balaban J connectivity index is 2.16. The van der Waals surface area contributed by atoms with Gasteiger partial charge >= 0.3 is 0 Å². The van der Waals surface area contributed by atoms with E-state index in [1.54, 1.807) is 11.3 Å². The van der Waals surface area contributed by atoms with Crippen LogP contribution >= 0.6 is 11.3 Å². The van der Waals surface area contributed by atoms with E-state index in [1.807, 2.05) is 0 Å². The van der Waals surface area contributed by atoms with E-state index < -0.39 is 0 Å². The number of unbranched alkanes of at least 4 members (excludes halogenated alkanes) is 1. The van der Waals surface area contributed by atoms with E-state index in [9.17, 15) is 4.79 Å². The fourth-order valence-electron chi connectivity index (χ4n) is 1.28. The number of amides is 1. The van der Waals surface area contributed by atoms with Crippen molar-refractivity contribution in [3.05, 3.63) is 21.9 Å². The topological polar surface area (TPSA) is 55.1 Å². The van der Waals surface area contributed by atoms with E-state index in [0.717, 1.165) is 12.8 Å². The zero-order valence-corrected chi connectivity index (χ0v) is 9.90. The number of nitrogens with one attached hydrogen (secondary N) is 1. The first-order valence-electron chi connectivity index (χ1n) is 5.24. The van der Waals surface area contributed by atoms with Crippen LogP contribution in [0.15, 0.2) is 12.1 Å². The lowest BCUT2D eigenvalue weighted by atomic mass is 10.2. The predicted molar refractivity (Wildman–Crippen MR) is 63.8 cm³/mol. The molecule has 0 saturated heterocycles. The van der Waals surface area contributed by atoms with Crippen LogP contribution in [0.1, 0.15) is 29.0 Å². The maximum Gasteiger partial charge on any atom is 0.220 e. The third-order valence-electron chi connectivity index (χ3n) is 2.11. The molecule has 1 rings (SSSR count). The highest BCUT2D eigenvalue weighted by Crippen LogP contribution is 2.14. The summed E-state index contributed by atoms with van der Waals surface area (Å²) in [5.41, 5.74) is 5.35. The molecule has 3 N–H and O–H groups in total. The Morgan fingerprint density at radius 2 is 2.27 bits per heavy atom. The lowest BCUT2D eigenvalue weighted by Crippen LogP contribution is -2.22. The van der Waals surface area contributed by atoms with Crippen LogP contribution in [0.5, 0.6) is 0 Å². The molecule has 0 aliphatic heterocycles. The summed E-state index contributed by atoms with van der Waals surface area (Å²) in [5.74, 6) is 0.120. The van der Waals surface area contributed by atoms with Crippen LogP contribution in [-0.4, -0.2) is 12.5 Å². The van der Waals surface area contributed by atoms with Crippen LogP contribution in [0.2, 0.25) is 0 Å². The SMILES string of the molecule is Cc1ccc(CNC(=O)CCCCN)s1. The van der Waals surface area contributed by atoms with Gasteiger partial charge in [0.05, 0.1) is 6.54 Å². The fourth-order valence-corrected chi connectivity index (χ4v) is 2.11. The summed E-state index contributed by atoms with van der Waals surface area (Å²) in [4.78, 5) is 13.8. The molecule has 1 amide bonds. The van der Waals surface area contributed by atoms with Crippen molar-refractivity contribution in [2.45, 2.75) is 32.7 Å². The molecule has 0 atom stereocenters. The van der Waals surface area contributed by atoms with Gasteiger partial charge in [0.1, 0.15) is 0 Å². The van der Waals surface area contributed by atoms with Gasteiger partial charge in [0.25, 0.3) is 0 Å². The molecule has 0 unspecified atom stereocenters. The molecular weight excluding hydrogens is 208 g/mol. The maximum absolute atomic E-state index is 11.4. The van der Waals surface area contributed by atoms with Crippen molar-refractivity contribution >= 4 is 17.2 Å². The van der Waals surface area contributed by atoms with Crippen LogP contribution in [0, 0.1) is 6.92 Å². The summed E-state index contributed by atoms with van der Waals surface area (Å²) < 4.78 is 0. The van der Waals surface area contributed by atoms with Gasteiger partial charge in [0.15, 0.2) is 0 Å². The molecular formula is C11H18N2OS. The first-order valence-corrected chi connectivity index (χ1v) is 6.06. The zero-order valence-electron chi connectivity index (χ0n) is 9.08. The summed E-state index contributed by atoms with van der Waals surface area (Å²) >= 11 is 1.72. The summed E-state index contributed by atoms with van der Waals surface area (Å²) in [5, 5.41) is 2.90. The summed E-state index contributed by atoms with van der Waals surface area (Å²) in [6, 6.07) is 4.13. The summed E-state index contributed by atoms with van der Waals surface area (Å²) in [6.07, 6.45) is 2.39. The second-order valence-electron chi connectivity index (χ2n) is 3.53. The minimum absolute atomic E-state index is 0.120. The Bertz CT molecular complexity index is 309. The van der Waals surface area contributed by atoms with Crippen molar-refractivity contribution in [2.75, 3.05) is 6.54 Å². The van der Waals surface area contributed by atoms with Gasteiger partial charge < -0.3 is 11.1 Å². The molecule has 1 aromatic rings. The summed E-state index contributed by atoms with van der Waals surface area (Å²) in [7, 11) is 0. The molecule has 0 aliphatic carbocycles. The standard InChI is InChI=1S/C11H18N2OS/c1-9-5-6-10(15-9)8-13-11(14)4-2-3-7-12/h5-6H,2-4,7-8,12H2,1H3,(H,13,14). The Morgan fingerprint density at radius 1 is 1.47 bits per heavy atom. The number of rotatable bonds is 6. The Hall–Kier alpha value is -0.870. The Kier molecular flexibility index (Phi) is 5.36. The maximum atomic E-state index is 11.4. The van der Waals surface area contributed by atoms with Gasteiger partial charge in [-0.1, -0.05) is 0 Å². The quantitative estimate of drug-likeness (QED) is 0.727. The highest BCUT2D eigenvalue weighted by atomic mass is 32.1. The van der Waals surface area contributed by atoms with E-state index in [1.165, 1.54) is 9.75 Å². The Labute approximate surface area is 94.7 Å². The number of aryl methyl sites for hydroxylation is 1. The lowest BCUT2D eigenvalue weighted by Gasteiger charge is -2.02. The van der Waals surface area contributed by atoms with Gasteiger partial charge in [-0.15, -0.1) is 11.3 Å². The molecule has 0 aliphatic rings. The van der Waals surface area contributed by atoms with Gasteiger partial charge in [0.2, 0.25) is 5.91 Å². The number of hydrogen-bond donors (Lipinski definition) is 2. The van der Waals surface area contributed by atoms with Crippen molar-refractivity contribution in [3.63, 3.8) is 0 Å². The zero-order chi connectivity index (χ0) is 11.1. The van der Waals surface area contributed by atoms with E-state index in [2.05, 4.69) is 24.4 Å². The van der Waals surface area contributed by atoms with Crippen LogP contribution < -0.4 is 11.1 Å². The van der Waals surface area contributed by atoms with Crippen LogP contribution in [0.4, 0.5) is 0 Å². The van der Waals surface area contributed by atoms with Crippen LogP contribution in [-0.2, 0) is 11.3 Å². The molecule has 0 saturated carbocycles. The van der Waals surface area contributed by atoms with E-state index in [-0.39, 0.29) is 5.91 Å². The van der Waals surface area contributed by atoms with Gasteiger partial charge in [-0.3, -0.25) is 4.79 Å². The number of carbonyl (C=O) groups excluding carboxylic acids is 1. The molecule has 1 heterocycles. The molecule has 4 heteroatoms. The number of thiophene rings is 1. The molecule has 15 heavy (non-hydrogen) atoms. The third-order valence-corrected chi connectivity index (χ3v) is 3.11. The first-order chi connectivity index (χ1) is 7.22. The van der Waals surface area contributed by atoms with Gasteiger partial charge in [0, 0.05) is 16.2 Å². The van der Waals surface area contributed by atoms with Crippen molar-refractivity contribution < 1.29 is 4.79 Å². The minimum atomic E-state index is 0.120. The molecule has 0 radical (unpaired) electrons. The fraction of sp³-hybridized carbons (Fsp3) is 0.545. The minimum Gasteiger partial charge on any atom is -0.351 e. The molecule has 0 bridgehead atoms. The van der Waals surface area contributed by atoms with E-state index in [4.69, 9.17) is 5.73 Å². The van der Waals surface area contributed by atoms with Crippen molar-refractivity contribution in [1.82, 2.24) is 5.32 Å². The number of carbonyl (C=O) groups is 1. The normalized spacial score (nSPS) is 10.3. The second kappa shape index (κ2) is 6.58. The number of nitrogens with two attached hydrogens (primary N) is 1. The van der Waals surface area contributed by atoms with Gasteiger partial charge in [-0.25, -0.2) is 0 Å². The smallest absolute Gasteiger partial charge is 0.220 e. The lowest BCUT2D eigenvalue weighted by molar-refractivity contribution is -0.121. The molecule has 84 valence electrons. The van der Waals surface area contributed by atoms with E-state index >= 15 is 0 Å². The predicted octanol–water partition coefficient (Wildman–Crippen LogP) is 1.80. The van der Waals surface area contributed by atoms with Crippen LogP contribution in [0.3, 0.4) is 0 Å². The largest absolute Gasteiger partial charge is 0.351 e.